The van der Waals surface area contributed by atoms with E-state index in [-0.39, 0.29) is 48.7 Å². The highest BCUT2D eigenvalue weighted by molar-refractivity contribution is 5.99. The van der Waals surface area contributed by atoms with Gasteiger partial charge in [-0.25, -0.2) is 0 Å². The number of carbonyl (C=O) groups excluding carboxylic acids is 4. The second-order valence-corrected chi connectivity index (χ2v) is 16.0. The number of unbranched alkanes of at least 4 members (excludes halogenated alkanes) is 3. The first-order chi connectivity index (χ1) is 23.7. The summed E-state index contributed by atoms with van der Waals surface area (Å²) in [6.45, 7) is 18.9. The van der Waals surface area contributed by atoms with Gasteiger partial charge in [-0.2, -0.15) is 0 Å². The number of fused-ring (bicyclic) bond motifs is 1. The molecule has 0 radical (unpaired) electrons. The quantitative estimate of drug-likeness (QED) is 0.111. The van der Waals surface area contributed by atoms with Crippen LogP contribution in [-0.4, -0.2) is 88.2 Å². The Bertz CT molecular complexity index is 1370. The second-order valence-electron chi connectivity index (χ2n) is 16.0. The maximum absolute atomic E-state index is 15.0. The molecule has 3 amide bonds. The molecule has 3 aliphatic heterocycles. The van der Waals surface area contributed by atoms with Crippen LogP contribution in [0.1, 0.15) is 104 Å². The Balaban J connectivity index is 1.66. The summed E-state index contributed by atoms with van der Waals surface area (Å²) in [5, 5.41) is 12.4. The summed E-state index contributed by atoms with van der Waals surface area (Å²) in [4.78, 5) is 59.8. The minimum Gasteiger partial charge on any atom is -0.463 e. The highest BCUT2D eigenvalue weighted by atomic mass is 16.5. The molecule has 50 heavy (non-hydrogen) atoms. The van der Waals surface area contributed by atoms with Crippen molar-refractivity contribution in [1.82, 2.24) is 15.1 Å². The fraction of sp³-hybridized carbons (Fsp3) is 0.650. The lowest BCUT2D eigenvalue weighted by atomic mass is 9.70. The van der Waals surface area contributed by atoms with Crippen LogP contribution < -0.4 is 5.32 Å². The number of allylic oxidation sites excluding steroid dienone is 1. The van der Waals surface area contributed by atoms with Crippen molar-refractivity contribution >= 4 is 23.7 Å². The van der Waals surface area contributed by atoms with E-state index < -0.39 is 41.2 Å². The van der Waals surface area contributed by atoms with Crippen molar-refractivity contribution in [1.29, 1.82) is 0 Å². The molecular weight excluding hydrogens is 634 g/mol. The maximum Gasteiger partial charge on any atom is 0.306 e. The summed E-state index contributed by atoms with van der Waals surface area (Å²) in [7, 11) is 0. The van der Waals surface area contributed by atoms with E-state index in [0.717, 1.165) is 24.8 Å². The first-order valence-corrected chi connectivity index (χ1v) is 18.3. The van der Waals surface area contributed by atoms with Crippen LogP contribution in [0.3, 0.4) is 0 Å². The van der Waals surface area contributed by atoms with Gasteiger partial charge in [0.15, 0.2) is 0 Å². The van der Waals surface area contributed by atoms with Crippen LogP contribution in [0.4, 0.5) is 0 Å². The number of likely N-dealkylation sites (tertiary alicyclic amines) is 1. The van der Waals surface area contributed by atoms with Gasteiger partial charge in [-0.05, 0) is 63.4 Å². The highest BCUT2D eigenvalue weighted by Gasteiger charge is 2.74. The average molecular weight is 694 g/mol. The van der Waals surface area contributed by atoms with Crippen molar-refractivity contribution in [2.24, 2.45) is 17.3 Å². The number of carbonyl (C=O) groups is 4. The molecule has 2 bridgehead atoms. The molecule has 10 heteroatoms. The third-order valence-electron chi connectivity index (χ3n) is 10.4. The van der Waals surface area contributed by atoms with Crippen molar-refractivity contribution < 1.29 is 33.8 Å². The van der Waals surface area contributed by atoms with Gasteiger partial charge in [-0.3, -0.25) is 19.2 Å². The van der Waals surface area contributed by atoms with Gasteiger partial charge in [0, 0.05) is 31.7 Å². The van der Waals surface area contributed by atoms with Crippen molar-refractivity contribution in [3.63, 3.8) is 0 Å². The smallest absolute Gasteiger partial charge is 0.306 e. The number of benzene rings is 1. The standard InChI is InChI=1S/C40H59N3O7/c1-8-10-20-31(45)49-26-29(28-18-14-13-15-19-28)41-35(46)32-30-21-22-40(50-30)33(32)36(47)42(24-16-11-12-17-25-44)34(40)37(48)43(23-9-2)39(6,7)27-38(3,4)5/h8-9,13-15,18-19,29-30,32-34,44H,1-2,10-12,16-17,20-27H2,3-7H3,(H,41,46)/t29-,30-,32+,33+,34-,40+/m1/s1. The zero-order chi connectivity index (χ0) is 36.7. The lowest BCUT2D eigenvalue weighted by molar-refractivity contribution is -0.153. The number of nitrogens with one attached hydrogen (secondary N) is 1. The molecule has 6 atom stereocenters. The molecule has 3 fully saturated rings. The van der Waals surface area contributed by atoms with Gasteiger partial charge in [-0.15, -0.1) is 13.2 Å². The Morgan fingerprint density at radius 1 is 1.10 bits per heavy atom. The maximum atomic E-state index is 15.0. The SMILES string of the molecule is C=CCCC(=O)OC[C@@H](NC(=O)[C@@H]1[C@H]2C(=O)N(CCCCCCO)[C@H](C(=O)N(CC=C)C(C)(C)CC(C)(C)C)[C@]23CC[C@H]1O3)c1ccccc1. The molecule has 0 aliphatic carbocycles. The van der Waals surface area contributed by atoms with Crippen LogP contribution in [0.2, 0.25) is 0 Å². The molecule has 10 nitrogen and oxygen atoms in total. The first-order valence-electron chi connectivity index (χ1n) is 18.3. The number of hydrogen-bond acceptors (Lipinski definition) is 7. The highest BCUT2D eigenvalue weighted by Crippen LogP contribution is 2.59. The van der Waals surface area contributed by atoms with Gasteiger partial charge in [0.1, 0.15) is 18.2 Å². The molecule has 1 aromatic carbocycles. The molecular formula is C40H59N3O7. The van der Waals surface area contributed by atoms with Gasteiger partial charge < -0.3 is 29.7 Å². The summed E-state index contributed by atoms with van der Waals surface area (Å²) in [5.41, 5.74) is -0.980. The molecule has 0 aromatic heterocycles. The summed E-state index contributed by atoms with van der Waals surface area (Å²) >= 11 is 0. The van der Waals surface area contributed by atoms with Gasteiger partial charge in [0.25, 0.3) is 0 Å². The minimum absolute atomic E-state index is 0.0613. The molecule has 3 saturated heterocycles. The lowest BCUT2D eigenvalue weighted by Gasteiger charge is -2.45. The molecule has 3 aliphatic rings. The predicted molar refractivity (Wildman–Crippen MR) is 193 cm³/mol. The summed E-state index contributed by atoms with van der Waals surface area (Å²) in [6.07, 6.45) is 8.27. The van der Waals surface area contributed by atoms with E-state index in [1.54, 1.807) is 17.1 Å². The second kappa shape index (κ2) is 16.7. The topological polar surface area (TPSA) is 125 Å². The van der Waals surface area contributed by atoms with Crippen LogP contribution in [0.25, 0.3) is 0 Å². The van der Waals surface area contributed by atoms with E-state index in [1.807, 2.05) is 35.2 Å². The van der Waals surface area contributed by atoms with E-state index in [4.69, 9.17) is 9.47 Å². The van der Waals surface area contributed by atoms with Crippen LogP contribution in [0.5, 0.6) is 0 Å². The van der Waals surface area contributed by atoms with Crippen molar-refractivity contribution in [3.8, 4) is 0 Å². The Morgan fingerprint density at radius 3 is 2.44 bits per heavy atom. The zero-order valence-electron chi connectivity index (χ0n) is 30.8. The Kier molecular flexibility index (Phi) is 13.1. The monoisotopic (exact) mass is 693 g/mol. The molecule has 1 aromatic rings. The minimum atomic E-state index is -1.14. The van der Waals surface area contributed by atoms with Gasteiger partial charge in [0.2, 0.25) is 17.7 Å². The molecule has 2 N–H and O–H groups in total. The first kappa shape index (κ1) is 39.3. The van der Waals surface area contributed by atoms with E-state index in [9.17, 15) is 24.3 Å². The van der Waals surface area contributed by atoms with Gasteiger partial charge in [-0.1, -0.05) is 76.1 Å². The number of ether oxygens (including phenoxy) is 2. The van der Waals surface area contributed by atoms with Crippen molar-refractivity contribution in [2.45, 2.75) is 122 Å². The number of aliphatic hydroxyl groups excluding tert-OH is 1. The summed E-state index contributed by atoms with van der Waals surface area (Å²) < 4.78 is 12.3. The van der Waals surface area contributed by atoms with Crippen molar-refractivity contribution in [2.75, 3.05) is 26.3 Å². The number of nitrogens with zero attached hydrogens (tertiary/aromatic N) is 2. The van der Waals surface area contributed by atoms with Crippen LogP contribution in [0, 0.1) is 17.3 Å². The number of rotatable bonds is 19. The Morgan fingerprint density at radius 2 is 1.80 bits per heavy atom. The molecule has 1 spiro atoms. The third-order valence-corrected chi connectivity index (χ3v) is 10.4. The van der Waals surface area contributed by atoms with E-state index in [2.05, 4.69) is 53.1 Å². The van der Waals surface area contributed by atoms with E-state index >= 15 is 0 Å². The number of hydrogen-bond donors (Lipinski definition) is 2. The average Bonchev–Trinajstić information content (AvgIpc) is 3.70. The summed E-state index contributed by atoms with van der Waals surface area (Å²) in [6, 6.07) is 7.80. The summed E-state index contributed by atoms with van der Waals surface area (Å²) in [5.74, 6) is -2.77. The largest absolute Gasteiger partial charge is 0.463 e. The number of esters is 1. The van der Waals surface area contributed by atoms with E-state index in [0.29, 0.717) is 45.2 Å². The molecule has 276 valence electrons. The number of aliphatic hydroxyl groups is 1. The number of amides is 3. The van der Waals surface area contributed by atoms with Crippen molar-refractivity contribution in [3.05, 3.63) is 61.2 Å². The fourth-order valence-electron chi connectivity index (χ4n) is 8.67. The fourth-order valence-corrected chi connectivity index (χ4v) is 8.67. The molecule has 4 rings (SSSR count). The van der Waals surface area contributed by atoms with Crippen LogP contribution in [-0.2, 0) is 28.7 Å². The van der Waals surface area contributed by atoms with Crippen LogP contribution >= 0.6 is 0 Å². The Hall–Kier alpha value is -3.50. The molecule has 3 heterocycles. The Labute approximate surface area is 298 Å². The van der Waals surface area contributed by atoms with E-state index in [1.165, 1.54) is 0 Å². The van der Waals surface area contributed by atoms with Gasteiger partial charge in [0.05, 0.1) is 24.0 Å². The zero-order valence-corrected chi connectivity index (χ0v) is 30.8. The van der Waals surface area contributed by atoms with Gasteiger partial charge >= 0.3 is 5.97 Å². The predicted octanol–water partition coefficient (Wildman–Crippen LogP) is 5.51. The molecule has 0 saturated carbocycles. The molecule has 0 unspecified atom stereocenters. The lowest BCUT2D eigenvalue weighted by Crippen LogP contribution is -2.61. The van der Waals surface area contributed by atoms with Crippen LogP contribution in [0.15, 0.2) is 55.6 Å². The third kappa shape index (κ3) is 8.68. The normalized spacial score (nSPS) is 24.8.